The van der Waals surface area contributed by atoms with Crippen LogP contribution >= 0.6 is 11.3 Å². The van der Waals surface area contributed by atoms with Crippen LogP contribution in [-0.4, -0.2) is 48.6 Å². The van der Waals surface area contributed by atoms with E-state index >= 15 is 0 Å². The zero-order valence-corrected chi connectivity index (χ0v) is 18.2. The molecule has 0 bridgehead atoms. The van der Waals surface area contributed by atoms with Crippen molar-refractivity contribution in [3.8, 4) is 5.75 Å². The molecule has 3 aromatic rings. The third-order valence-corrected chi connectivity index (χ3v) is 6.00. The molecule has 29 heavy (non-hydrogen) atoms. The molecular formula is C23H29N3O2S. The van der Waals surface area contributed by atoms with Crippen LogP contribution in [0.3, 0.4) is 0 Å². The van der Waals surface area contributed by atoms with Crippen molar-refractivity contribution in [2.75, 3.05) is 37.7 Å². The summed E-state index contributed by atoms with van der Waals surface area (Å²) in [4.78, 5) is 22.1. The van der Waals surface area contributed by atoms with E-state index in [2.05, 4.69) is 24.8 Å². The third-order valence-electron chi connectivity index (χ3n) is 4.94. The topological polar surface area (TPSA) is 45.7 Å². The second kappa shape index (κ2) is 10.4. The number of rotatable bonds is 10. The number of hydrogen-bond acceptors (Lipinski definition) is 5. The Hall–Kier alpha value is -2.44. The van der Waals surface area contributed by atoms with E-state index in [1.165, 1.54) is 0 Å². The number of para-hydroxylation sites is 1. The Bertz CT molecular complexity index is 886. The van der Waals surface area contributed by atoms with Gasteiger partial charge in [-0.1, -0.05) is 49.4 Å². The molecule has 1 amide bonds. The van der Waals surface area contributed by atoms with Crippen LogP contribution in [0.15, 0.2) is 48.5 Å². The summed E-state index contributed by atoms with van der Waals surface area (Å²) in [5, 5.41) is 0.772. The lowest BCUT2D eigenvalue weighted by Gasteiger charge is -2.24. The molecule has 2 aromatic carbocycles. The van der Waals surface area contributed by atoms with Crippen molar-refractivity contribution >= 4 is 32.6 Å². The van der Waals surface area contributed by atoms with Crippen LogP contribution in [0, 0.1) is 0 Å². The Kier molecular flexibility index (Phi) is 7.61. The summed E-state index contributed by atoms with van der Waals surface area (Å²) in [6, 6.07) is 15.8. The zero-order chi connectivity index (χ0) is 20.6. The van der Waals surface area contributed by atoms with Crippen molar-refractivity contribution in [1.29, 1.82) is 0 Å². The highest BCUT2D eigenvalue weighted by Crippen LogP contribution is 2.29. The zero-order valence-electron chi connectivity index (χ0n) is 17.4. The van der Waals surface area contributed by atoms with Gasteiger partial charge in [0.2, 0.25) is 5.91 Å². The molecule has 154 valence electrons. The molecule has 0 aliphatic heterocycles. The van der Waals surface area contributed by atoms with Gasteiger partial charge in [-0.15, -0.1) is 0 Å². The number of thiazole rings is 1. The maximum atomic E-state index is 13.2. The molecule has 0 spiro atoms. The fraction of sp³-hybridized carbons (Fsp3) is 0.391. The molecule has 1 aromatic heterocycles. The van der Waals surface area contributed by atoms with Gasteiger partial charge < -0.3 is 9.64 Å². The first-order valence-corrected chi connectivity index (χ1v) is 11.1. The van der Waals surface area contributed by atoms with Crippen LogP contribution in [0.4, 0.5) is 5.13 Å². The molecule has 0 fully saturated rings. The largest absolute Gasteiger partial charge is 0.494 e. The first-order valence-electron chi connectivity index (χ1n) is 10.2. The average molecular weight is 412 g/mol. The molecule has 0 saturated heterocycles. The molecule has 6 heteroatoms. The van der Waals surface area contributed by atoms with Gasteiger partial charge in [0.05, 0.1) is 23.2 Å². The number of carbonyl (C=O) groups is 1. The minimum Gasteiger partial charge on any atom is -0.494 e. The number of nitrogens with zero attached hydrogens (tertiary/aromatic N) is 3. The number of aromatic nitrogens is 1. The maximum Gasteiger partial charge on any atom is 0.233 e. The monoisotopic (exact) mass is 411 g/mol. The number of ether oxygens (including phenoxy) is 1. The van der Waals surface area contributed by atoms with Crippen molar-refractivity contribution in [3.63, 3.8) is 0 Å². The van der Waals surface area contributed by atoms with E-state index in [9.17, 15) is 4.79 Å². The molecule has 0 aliphatic carbocycles. The fourth-order valence-corrected chi connectivity index (χ4v) is 4.23. The van der Waals surface area contributed by atoms with Crippen molar-refractivity contribution in [1.82, 2.24) is 9.88 Å². The Morgan fingerprint density at radius 2 is 1.72 bits per heavy atom. The van der Waals surface area contributed by atoms with Crippen LogP contribution in [-0.2, 0) is 11.2 Å². The normalized spacial score (nSPS) is 11.2. The van der Waals surface area contributed by atoms with Crippen LogP contribution in [0.25, 0.3) is 10.2 Å². The van der Waals surface area contributed by atoms with E-state index in [0.717, 1.165) is 46.3 Å². The lowest BCUT2D eigenvalue weighted by Crippen LogP contribution is -2.39. The number of fused-ring (bicyclic) bond motifs is 1. The van der Waals surface area contributed by atoms with E-state index in [-0.39, 0.29) is 5.91 Å². The molecule has 0 saturated carbocycles. The summed E-state index contributed by atoms with van der Waals surface area (Å²) in [6.45, 7) is 10.3. The minimum atomic E-state index is 0.0698. The van der Waals surface area contributed by atoms with Crippen LogP contribution in [0.1, 0.15) is 26.3 Å². The Labute approximate surface area is 176 Å². The van der Waals surface area contributed by atoms with Crippen molar-refractivity contribution in [2.24, 2.45) is 0 Å². The summed E-state index contributed by atoms with van der Waals surface area (Å²) in [5.74, 6) is 0.897. The summed E-state index contributed by atoms with van der Waals surface area (Å²) in [7, 11) is 0. The second-order valence-corrected chi connectivity index (χ2v) is 7.80. The van der Waals surface area contributed by atoms with Gasteiger partial charge in [-0.3, -0.25) is 9.69 Å². The highest BCUT2D eigenvalue weighted by Gasteiger charge is 2.20. The highest BCUT2D eigenvalue weighted by atomic mass is 32.1. The maximum absolute atomic E-state index is 13.2. The number of amides is 1. The molecule has 0 N–H and O–H groups in total. The summed E-state index contributed by atoms with van der Waals surface area (Å²) < 4.78 is 6.60. The smallest absolute Gasteiger partial charge is 0.233 e. The molecule has 5 nitrogen and oxygen atoms in total. The van der Waals surface area contributed by atoms with Gasteiger partial charge in [0.25, 0.3) is 0 Å². The predicted octanol–water partition coefficient (Wildman–Crippen LogP) is 4.61. The van der Waals surface area contributed by atoms with Gasteiger partial charge in [-0.05, 0) is 49.8 Å². The van der Waals surface area contributed by atoms with Crippen molar-refractivity contribution in [3.05, 3.63) is 54.1 Å². The van der Waals surface area contributed by atoms with Gasteiger partial charge in [-0.2, -0.15) is 0 Å². The molecule has 0 radical (unpaired) electrons. The average Bonchev–Trinajstić information content (AvgIpc) is 3.16. The molecule has 0 unspecified atom stereocenters. The minimum absolute atomic E-state index is 0.0698. The molecule has 1 heterocycles. The SMILES string of the molecule is CCOc1ccc(CC(=O)N(CCN(CC)CC)c2nc3ccccc3s2)cc1. The van der Waals surface area contributed by atoms with Gasteiger partial charge in [0, 0.05) is 13.1 Å². The van der Waals surface area contributed by atoms with E-state index in [1.807, 2.05) is 54.3 Å². The fourth-order valence-electron chi connectivity index (χ4n) is 3.22. The highest BCUT2D eigenvalue weighted by molar-refractivity contribution is 7.22. The predicted molar refractivity (Wildman–Crippen MR) is 121 cm³/mol. The molecular weight excluding hydrogens is 382 g/mol. The Morgan fingerprint density at radius 1 is 1.00 bits per heavy atom. The Morgan fingerprint density at radius 3 is 2.38 bits per heavy atom. The number of hydrogen-bond donors (Lipinski definition) is 0. The molecule has 0 atom stereocenters. The van der Waals surface area contributed by atoms with E-state index < -0.39 is 0 Å². The van der Waals surface area contributed by atoms with Crippen molar-refractivity contribution in [2.45, 2.75) is 27.2 Å². The number of benzene rings is 2. The van der Waals surface area contributed by atoms with Crippen LogP contribution in [0.2, 0.25) is 0 Å². The van der Waals surface area contributed by atoms with E-state index in [1.54, 1.807) is 11.3 Å². The van der Waals surface area contributed by atoms with Crippen LogP contribution < -0.4 is 9.64 Å². The quantitative estimate of drug-likeness (QED) is 0.489. The molecule has 3 rings (SSSR count). The van der Waals surface area contributed by atoms with Gasteiger partial charge in [-0.25, -0.2) is 4.98 Å². The first-order chi connectivity index (χ1) is 14.1. The lowest BCUT2D eigenvalue weighted by atomic mass is 10.1. The lowest BCUT2D eigenvalue weighted by molar-refractivity contribution is -0.118. The summed E-state index contributed by atoms with van der Waals surface area (Å²) in [6.07, 6.45) is 0.348. The van der Waals surface area contributed by atoms with Crippen molar-refractivity contribution < 1.29 is 9.53 Å². The van der Waals surface area contributed by atoms with E-state index in [0.29, 0.717) is 19.6 Å². The van der Waals surface area contributed by atoms with Gasteiger partial charge in [0.1, 0.15) is 5.75 Å². The standard InChI is InChI=1S/C23H29N3O2S/c1-4-25(5-2)15-16-26(23-24-20-9-7-8-10-21(20)29-23)22(27)17-18-11-13-19(14-12-18)28-6-3/h7-14H,4-6,15-17H2,1-3H3. The number of carbonyl (C=O) groups excluding carboxylic acids is 1. The third kappa shape index (κ3) is 5.55. The first kappa shape index (κ1) is 21.3. The van der Waals surface area contributed by atoms with Crippen LogP contribution in [0.5, 0.6) is 5.75 Å². The van der Waals surface area contributed by atoms with Gasteiger partial charge >= 0.3 is 0 Å². The number of likely N-dealkylation sites (N-methyl/N-ethyl adjacent to an activating group) is 1. The second-order valence-electron chi connectivity index (χ2n) is 6.79. The number of anilines is 1. The summed E-state index contributed by atoms with van der Waals surface area (Å²) in [5.41, 5.74) is 1.92. The van der Waals surface area contributed by atoms with E-state index in [4.69, 9.17) is 9.72 Å². The Balaban J connectivity index is 1.80. The molecule has 0 aliphatic rings. The van der Waals surface area contributed by atoms with Gasteiger partial charge in [0.15, 0.2) is 5.13 Å². The summed E-state index contributed by atoms with van der Waals surface area (Å²) >= 11 is 1.58.